The number of hydrogen-bond acceptors (Lipinski definition) is 1. The van der Waals surface area contributed by atoms with Gasteiger partial charge in [-0.05, 0) is 41.3 Å². The highest BCUT2D eigenvalue weighted by molar-refractivity contribution is 9.09. The van der Waals surface area contributed by atoms with Crippen LogP contribution in [0.15, 0.2) is 54.6 Å². The van der Waals surface area contributed by atoms with Gasteiger partial charge in [-0.15, -0.1) is 0 Å². The van der Waals surface area contributed by atoms with Gasteiger partial charge in [0, 0.05) is 5.33 Å². The molecule has 2 aromatic carbocycles. The zero-order valence-corrected chi connectivity index (χ0v) is 12.8. The van der Waals surface area contributed by atoms with Crippen molar-refractivity contribution in [2.75, 3.05) is 12.4 Å². The maximum Gasteiger partial charge on any atom is 0.119 e. The van der Waals surface area contributed by atoms with Crippen molar-refractivity contribution in [1.82, 2.24) is 0 Å². The molecular formula is C17H17BrO. The molecule has 0 aliphatic carbocycles. The Morgan fingerprint density at radius 1 is 1.16 bits per heavy atom. The molecule has 0 radical (unpaired) electrons. The van der Waals surface area contributed by atoms with E-state index in [2.05, 4.69) is 65.3 Å². The van der Waals surface area contributed by atoms with E-state index in [4.69, 9.17) is 4.74 Å². The van der Waals surface area contributed by atoms with E-state index in [1.807, 2.05) is 12.1 Å². The fourth-order valence-corrected chi connectivity index (χ4v) is 2.45. The van der Waals surface area contributed by atoms with Crippen molar-refractivity contribution in [3.05, 3.63) is 71.3 Å². The molecule has 19 heavy (non-hydrogen) atoms. The van der Waals surface area contributed by atoms with Gasteiger partial charge in [0.1, 0.15) is 5.75 Å². The molecule has 2 aromatic rings. The average molecular weight is 317 g/mol. The van der Waals surface area contributed by atoms with Crippen molar-refractivity contribution in [3.8, 4) is 5.75 Å². The molecule has 0 aromatic heterocycles. The minimum Gasteiger partial charge on any atom is -0.497 e. The molecular weight excluding hydrogens is 300 g/mol. The van der Waals surface area contributed by atoms with E-state index in [0.717, 1.165) is 11.1 Å². The van der Waals surface area contributed by atoms with Gasteiger partial charge >= 0.3 is 0 Å². The minimum absolute atomic E-state index is 0.827. The summed E-state index contributed by atoms with van der Waals surface area (Å²) in [4.78, 5) is 0. The molecule has 0 spiro atoms. The van der Waals surface area contributed by atoms with Gasteiger partial charge in [0.15, 0.2) is 0 Å². The summed E-state index contributed by atoms with van der Waals surface area (Å²) in [6, 6.07) is 16.6. The lowest BCUT2D eigenvalue weighted by Gasteiger charge is -2.12. The van der Waals surface area contributed by atoms with E-state index in [0.29, 0.717) is 0 Å². The third-order valence-corrected chi connectivity index (χ3v) is 3.42. The maximum atomic E-state index is 5.31. The lowest BCUT2D eigenvalue weighted by Crippen LogP contribution is -1.93. The number of aryl methyl sites for hydroxylation is 1. The van der Waals surface area contributed by atoms with Crippen molar-refractivity contribution < 1.29 is 4.74 Å². The fourth-order valence-electron chi connectivity index (χ4n) is 2.13. The maximum absolute atomic E-state index is 5.31. The zero-order chi connectivity index (χ0) is 13.7. The molecule has 1 nitrogen and oxygen atoms in total. The van der Waals surface area contributed by atoms with Gasteiger partial charge in [0.25, 0.3) is 0 Å². The van der Waals surface area contributed by atoms with Crippen LogP contribution in [0, 0.1) is 6.92 Å². The van der Waals surface area contributed by atoms with Crippen molar-refractivity contribution in [2.24, 2.45) is 0 Å². The number of halogens is 1. The normalized spacial score (nSPS) is 11.4. The monoisotopic (exact) mass is 316 g/mol. The first-order valence-electron chi connectivity index (χ1n) is 6.23. The first-order chi connectivity index (χ1) is 9.26. The molecule has 0 atom stereocenters. The molecule has 0 saturated heterocycles. The van der Waals surface area contributed by atoms with Crippen LogP contribution < -0.4 is 4.74 Å². The molecule has 0 heterocycles. The molecule has 0 N–H and O–H groups in total. The zero-order valence-electron chi connectivity index (χ0n) is 11.2. The van der Waals surface area contributed by atoms with Gasteiger partial charge in [0.05, 0.1) is 7.11 Å². The average Bonchev–Trinajstić information content (AvgIpc) is 2.46. The van der Waals surface area contributed by atoms with Crippen molar-refractivity contribution in [3.63, 3.8) is 0 Å². The van der Waals surface area contributed by atoms with Crippen LogP contribution in [-0.2, 0) is 0 Å². The number of methoxy groups -OCH3 is 1. The van der Waals surface area contributed by atoms with Crippen LogP contribution in [0.2, 0.25) is 0 Å². The van der Waals surface area contributed by atoms with Gasteiger partial charge in [-0.2, -0.15) is 0 Å². The highest BCUT2D eigenvalue weighted by Gasteiger charge is 2.07. The van der Waals surface area contributed by atoms with Crippen molar-refractivity contribution in [1.29, 1.82) is 0 Å². The lowest BCUT2D eigenvalue weighted by molar-refractivity contribution is 0.414. The molecule has 0 saturated carbocycles. The van der Waals surface area contributed by atoms with E-state index in [1.165, 1.54) is 22.3 Å². The van der Waals surface area contributed by atoms with Crippen LogP contribution in [0.4, 0.5) is 0 Å². The molecule has 0 fully saturated rings. The molecule has 98 valence electrons. The second-order valence-electron chi connectivity index (χ2n) is 4.32. The highest BCUT2D eigenvalue weighted by atomic mass is 79.9. The van der Waals surface area contributed by atoms with Crippen molar-refractivity contribution >= 4 is 21.5 Å². The summed E-state index contributed by atoms with van der Waals surface area (Å²) in [6.07, 6.45) is 2.19. The summed E-state index contributed by atoms with van der Waals surface area (Å²) < 4.78 is 5.31. The van der Waals surface area contributed by atoms with Gasteiger partial charge in [-0.25, -0.2) is 0 Å². The summed E-state index contributed by atoms with van der Waals surface area (Å²) >= 11 is 3.50. The molecule has 2 rings (SSSR count). The van der Waals surface area contributed by atoms with Crippen LogP contribution in [0.3, 0.4) is 0 Å². The molecule has 0 amide bonds. The Bertz CT molecular complexity index is 587. The number of allylic oxidation sites excluding steroid dienone is 1. The SMILES string of the molecule is COc1cccc(C(=CCBr)c2ccccc2C)c1. The third kappa shape index (κ3) is 3.27. The van der Waals surface area contributed by atoms with E-state index >= 15 is 0 Å². The number of benzene rings is 2. The summed E-state index contributed by atoms with van der Waals surface area (Å²) in [5.41, 5.74) is 4.94. The number of rotatable bonds is 4. The van der Waals surface area contributed by atoms with Gasteiger partial charge in [-0.3, -0.25) is 0 Å². The van der Waals surface area contributed by atoms with Crippen LogP contribution in [0.1, 0.15) is 16.7 Å². The summed E-state index contributed by atoms with van der Waals surface area (Å²) in [5, 5.41) is 0.827. The van der Waals surface area contributed by atoms with Crippen LogP contribution >= 0.6 is 15.9 Å². The van der Waals surface area contributed by atoms with E-state index in [1.54, 1.807) is 7.11 Å². The van der Waals surface area contributed by atoms with Gasteiger partial charge < -0.3 is 4.74 Å². The number of hydrogen-bond donors (Lipinski definition) is 0. The fraction of sp³-hybridized carbons (Fsp3) is 0.176. The second kappa shape index (κ2) is 6.58. The summed E-state index contributed by atoms with van der Waals surface area (Å²) in [7, 11) is 1.70. The van der Waals surface area contributed by atoms with Gasteiger partial charge in [0.2, 0.25) is 0 Å². The Morgan fingerprint density at radius 3 is 2.63 bits per heavy atom. The van der Waals surface area contributed by atoms with Crippen LogP contribution in [-0.4, -0.2) is 12.4 Å². The predicted octanol–water partition coefficient (Wildman–Crippen LogP) is 4.83. The quantitative estimate of drug-likeness (QED) is 0.734. The Labute approximate surface area is 123 Å². The Morgan fingerprint density at radius 2 is 1.95 bits per heavy atom. The topological polar surface area (TPSA) is 9.23 Å². The number of ether oxygens (including phenoxy) is 1. The van der Waals surface area contributed by atoms with Crippen LogP contribution in [0.5, 0.6) is 5.75 Å². The standard InChI is InChI=1S/C17H17BrO/c1-13-6-3-4-9-16(13)17(10-11-18)14-7-5-8-15(12-14)19-2/h3-10,12H,11H2,1-2H3. The third-order valence-electron chi connectivity index (χ3n) is 3.10. The first-order valence-corrected chi connectivity index (χ1v) is 7.35. The molecule has 2 heteroatoms. The summed E-state index contributed by atoms with van der Waals surface area (Å²) in [6.45, 7) is 2.14. The summed E-state index contributed by atoms with van der Waals surface area (Å²) in [5.74, 6) is 0.881. The van der Waals surface area contributed by atoms with E-state index in [9.17, 15) is 0 Å². The first kappa shape index (κ1) is 13.9. The van der Waals surface area contributed by atoms with E-state index in [-0.39, 0.29) is 0 Å². The largest absolute Gasteiger partial charge is 0.497 e. The lowest BCUT2D eigenvalue weighted by atomic mass is 9.94. The Hall–Kier alpha value is -1.54. The Balaban J connectivity index is 2.52. The predicted molar refractivity (Wildman–Crippen MR) is 85.0 cm³/mol. The smallest absolute Gasteiger partial charge is 0.119 e. The number of alkyl halides is 1. The minimum atomic E-state index is 0.827. The molecule has 0 bridgehead atoms. The van der Waals surface area contributed by atoms with Crippen LogP contribution in [0.25, 0.3) is 5.57 Å². The molecule has 0 unspecified atom stereocenters. The highest BCUT2D eigenvalue weighted by Crippen LogP contribution is 2.28. The van der Waals surface area contributed by atoms with E-state index < -0.39 is 0 Å². The second-order valence-corrected chi connectivity index (χ2v) is 4.97. The van der Waals surface area contributed by atoms with Gasteiger partial charge in [-0.1, -0.05) is 58.4 Å². The van der Waals surface area contributed by atoms with Crippen molar-refractivity contribution in [2.45, 2.75) is 6.92 Å². The molecule has 0 aliphatic rings. The molecule has 0 aliphatic heterocycles. The Kier molecular flexibility index (Phi) is 4.80.